The van der Waals surface area contributed by atoms with Crippen LogP contribution in [0.5, 0.6) is 11.8 Å². The number of hydrogen-bond acceptors (Lipinski definition) is 8. The van der Waals surface area contributed by atoms with Gasteiger partial charge in [-0.1, -0.05) is 0 Å². The molecule has 8 nitrogen and oxygen atoms in total. The molecule has 1 aromatic heterocycles. The lowest BCUT2D eigenvalue weighted by molar-refractivity contribution is -0.137. The van der Waals surface area contributed by atoms with Gasteiger partial charge in [-0.25, -0.2) is 0 Å². The van der Waals surface area contributed by atoms with Crippen LogP contribution in [0.15, 0.2) is 18.2 Å². The number of anilines is 2. The quantitative estimate of drug-likeness (QED) is 0.588. The van der Waals surface area contributed by atoms with Crippen molar-refractivity contribution in [2.45, 2.75) is 75.3 Å². The SMILES string of the molecule is [2H]C([2H])(Oc1nc2c(c(N3CC4CCC(C3)N4)n1)CCN(c1cc(O)ccc1C(F)(F)F)C2)C12CCCN1CCC2. The highest BCUT2D eigenvalue weighted by Crippen LogP contribution is 2.42. The minimum Gasteiger partial charge on any atom is -0.508 e. The van der Waals surface area contributed by atoms with Crippen molar-refractivity contribution < 1.29 is 25.8 Å². The highest BCUT2D eigenvalue weighted by molar-refractivity contribution is 5.61. The second kappa shape index (κ2) is 9.40. The van der Waals surface area contributed by atoms with Gasteiger partial charge in [0.2, 0.25) is 0 Å². The molecule has 5 aliphatic rings. The number of aromatic hydroxyl groups is 1. The van der Waals surface area contributed by atoms with Crippen LogP contribution in [0.1, 0.15) is 58.1 Å². The molecule has 39 heavy (non-hydrogen) atoms. The van der Waals surface area contributed by atoms with Crippen LogP contribution in [0, 0.1) is 0 Å². The van der Waals surface area contributed by atoms with Crippen molar-refractivity contribution in [2.75, 3.05) is 49.1 Å². The first kappa shape index (κ1) is 23.0. The maximum absolute atomic E-state index is 13.9. The fourth-order valence-electron chi connectivity index (χ4n) is 7.31. The summed E-state index contributed by atoms with van der Waals surface area (Å²) < 4.78 is 65.9. The van der Waals surface area contributed by atoms with Gasteiger partial charge in [0.15, 0.2) is 0 Å². The summed E-state index contributed by atoms with van der Waals surface area (Å²) in [6.45, 7) is 1.50. The molecule has 2 aromatic rings. The van der Waals surface area contributed by atoms with Gasteiger partial charge in [-0.15, -0.1) is 0 Å². The van der Waals surface area contributed by atoms with Crippen LogP contribution in [0.2, 0.25) is 0 Å². The molecule has 0 radical (unpaired) electrons. The molecule has 2 bridgehead atoms. The zero-order chi connectivity index (χ0) is 28.6. The lowest BCUT2D eigenvalue weighted by Gasteiger charge is -2.38. The van der Waals surface area contributed by atoms with Gasteiger partial charge in [-0.3, -0.25) is 4.90 Å². The van der Waals surface area contributed by atoms with E-state index in [4.69, 9.17) is 12.5 Å². The molecule has 210 valence electrons. The Morgan fingerprint density at radius 2 is 1.82 bits per heavy atom. The first-order valence-electron chi connectivity index (χ1n) is 15.0. The van der Waals surface area contributed by atoms with Gasteiger partial charge in [0.25, 0.3) is 0 Å². The number of nitrogens with one attached hydrogen (secondary N) is 1. The third kappa shape index (κ3) is 4.57. The van der Waals surface area contributed by atoms with E-state index in [1.807, 2.05) is 0 Å². The topological polar surface area (TPSA) is 77.0 Å². The van der Waals surface area contributed by atoms with Gasteiger partial charge in [0.1, 0.15) is 18.1 Å². The van der Waals surface area contributed by atoms with E-state index in [0.29, 0.717) is 49.4 Å². The van der Waals surface area contributed by atoms with Crippen LogP contribution in [0.25, 0.3) is 0 Å². The number of alkyl halides is 3. The maximum Gasteiger partial charge on any atom is 0.418 e. The van der Waals surface area contributed by atoms with E-state index in [0.717, 1.165) is 75.6 Å². The number of phenols is 1. The second-order valence-electron chi connectivity index (χ2n) is 11.6. The number of piperazine rings is 1. The average Bonchev–Trinajstić information content (AvgIpc) is 3.61. The van der Waals surface area contributed by atoms with Gasteiger partial charge in [0.05, 0.1) is 31.8 Å². The van der Waals surface area contributed by atoms with Gasteiger partial charge >= 0.3 is 12.2 Å². The van der Waals surface area contributed by atoms with Crippen molar-refractivity contribution in [3.8, 4) is 11.8 Å². The third-order valence-electron chi connectivity index (χ3n) is 9.14. The molecule has 11 heteroatoms. The molecule has 5 aliphatic heterocycles. The molecule has 0 amide bonds. The summed E-state index contributed by atoms with van der Waals surface area (Å²) >= 11 is 0. The Morgan fingerprint density at radius 3 is 2.54 bits per heavy atom. The Morgan fingerprint density at radius 1 is 1.08 bits per heavy atom. The third-order valence-corrected chi connectivity index (χ3v) is 9.14. The average molecular weight is 547 g/mol. The molecule has 2 N–H and O–H groups in total. The molecule has 0 saturated carbocycles. The molecule has 1 aromatic carbocycles. The van der Waals surface area contributed by atoms with E-state index in [9.17, 15) is 18.3 Å². The molecule has 0 aliphatic carbocycles. The minimum absolute atomic E-state index is 0.0625. The lowest BCUT2D eigenvalue weighted by Crippen LogP contribution is -2.52. The predicted octanol–water partition coefficient (Wildman–Crippen LogP) is 3.71. The molecule has 2 unspecified atom stereocenters. The maximum atomic E-state index is 13.9. The van der Waals surface area contributed by atoms with Crippen molar-refractivity contribution in [3.05, 3.63) is 35.0 Å². The zero-order valence-corrected chi connectivity index (χ0v) is 21.8. The van der Waals surface area contributed by atoms with Crippen molar-refractivity contribution in [1.29, 1.82) is 0 Å². The number of nitrogens with zero attached hydrogens (tertiary/aromatic N) is 5. The Hall–Kier alpha value is -2.79. The fourth-order valence-corrected chi connectivity index (χ4v) is 7.31. The zero-order valence-electron chi connectivity index (χ0n) is 23.8. The predicted molar refractivity (Wildman–Crippen MR) is 140 cm³/mol. The molecule has 0 spiro atoms. The first-order chi connectivity index (χ1) is 19.5. The molecular formula is C28H35F3N6O2. The summed E-state index contributed by atoms with van der Waals surface area (Å²) in [5.74, 6) is 0.450. The number of benzene rings is 1. The molecule has 4 fully saturated rings. The van der Waals surface area contributed by atoms with Crippen LogP contribution in [0.4, 0.5) is 24.7 Å². The second-order valence-corrected chi connectivity index (χ2v) is 11.6. The van der Waals surface area contributed by atoms with E-state index in [1.165, 1.54) is 0 Å². The van der Waals surface area contributed by atoms with E-state index >= 15 is 0 Å². The number of aromatic nitrogens is 2. The van der Waals surface area contributed by atoms with Crippen LogP contribution in [-0.4, -0.2) is 76.9 Å². The molecule has 6 heterocycles. The summed E-state index contributed by atoms with van der Waals surface area (Å²) in [5, 5.41) is 13.7. The smallest absolute Gasteiger partial charge is 0.418 e. The monoisotopic (exact) mass is 546 g/mol. The van der Waals surface area contributed by atoms with Gasteiger partial charge in [-0.05, 0) is 70.2 Å². The largest absolute Gasteiger partial charge is 0.508 e. The van der Waals surface area contributed by atoms with Crippen molar-refractivity contribution in [1.82, 2.24) is 20.2 Å². The highest BCUT2D eigenvalue weighted by Gasteiger charge is 2.45. The standard InChI is InChI=1S/C28H35F3N6O2/c29-28(30,31)22-6-5-20(38)13-24(22)35-12-7-21-23(16-35)33-26(39-17-27-8-1-10-37(27)11-2-9-27)34-25(21)36-14-18-3-4-19(15-36)32-18/h5-6,13,18-19,32,38H,1-4,7-12,14-17H2/i17D2. The fraction of sp³-hybridized carbons (Fsp3) is 0.643. The van der Waals surface area contributed by atoms with Crippen molar-refractivity contribution in [2.24, 2.45) is 0 Å². The lowest BCUT2D eigenvalue weighted by atomic mass is 9.95. The summed E-state index contributed by atoms with van der Waals surface area (Å²) in [7, 11) is 0. The molecular weight excluding hydrogens is 509 g/mol. The van der Waals surface area contributed by atoms with E-state index in [2.05, 4.69) is 20.1 Å². The molecule has 2 atom stereocenters. The summed E-state index contributed by atoms with van der Waals surface area (Å²) in [6, 6.07) is 3.69. The number of hydrogen-bond donors (Lipinski definition) is 2. The van der Waals surface area contributed by atoms with Gasteiger partial charge in [0, 0.05) is 43.3 Å². The number of halogens is 3. The van der Waals surface area contributed by atoms with Crippen LogP contribution >= 0.6 is 0 Å². The van der Waals surface area contributed by atoms with Crippen molar-refractivity contribution in [3.63, 3.8) is 0 Å². The highest BCUT2D eigenvalue weighted by atomic mass is 19.4. The first-order valence-corrected chi connectivity index (χ1v) is 14.0. The Balaban J connectivity index is 1.26. The molecule has 7 rings (SSSR count). The molecule has 4 saturated heterocycles. The Bertz CT molecular complexity index is 1320. The minimum atomic E-state index is -4.59. The number of phenolic OH excluding ortho intramolecular Hbond substituents is 1. The Labute approximate surface area is 229 Å². The van der Waals surface area contributed by atoms with E-state index in [1.54, 1.807) is 4.90 Å². The summed E-state index contributed by atoms with van der Waals surface area (Å²) in [6.07, 6.45) is 1.19. The summed E-state index contributed by atoms with van der Waals surface area (Å²) in [5.41, 5.74) is -0.253. The summed E-state index contributed by atoms with van der Waals surface area (Å²) in [4.78, 5) is 15.4. The van der Waals surface area contributed by atoms with Gasteiger partial charge < -0.3 is 25.0 Å². The van der Waals surface area contributed by atoms with E-state index < -0.39 is 23.8 Å². The van der Waals surface area contributed by atoms with Crippen LogP contribution in [0.3, 0.4) is 0 Å². The number of rotatable bonds is 5. The van der Waals surface area contributed by atoms with Crippen LogP contribution < -0.4 is 19.9 Å². The van der Waals surface area contributed by atoms with E-state index in [-0.39, 0.29) is 24.0 Å². The number of fused-ring (bicyclic) bond motifs is 4. The number of ether oxygens (including phenoxy) is 1. The van der Waals surface area contributed by atoms with Gasteiger partial charge in [-0.2, -0.15) is 23.1 Å². The van der Waals surface area contributed by atoms with Crippen LogP contribution in [-0.2, 0) is 19.1 Å². The van der Waals surface area contributed by atoms with Crippen molar-refractivity contribution >= 4 is 11.5 Å². The normalized spacial score (nSPS) is 27.3. The Kier molecular flexibility index (Phi) is 5.54.